The lowest BCUT2D eigenvalue weighted by molar-refractivity contribution is -0.122. The Morgan fingerprint density at radius 2 is 2.09 bits per heavy atom. The van der Waals surface area contributed by atoms with Gasteiger partial charge in [-0.1, -0.05) is 17.3 Å². The summed E-state index contributed by atoms with van der Waals surface area (Å²) >= 11 is 0. The van der Waals surface area contributed by atoms with Gasteiger partial charge in [0.2, 0.25) is 17.6 Å². The van der Waals surface area contributed by atoms with Crippen molar-refractivity contribution in [3.63, 3.8) is 0 Å². The number of methoxy groups -OCH3 is 1. The smallest absolute Gasteiger partial charge is 0.228 e. The van der Waals surface area contributed by atoms with Crippen molar-refractivity contribution in [3.8, 4) is 17.1 Å². The molecule has 1 aliphatic rings. The number of benzene rings is 1. The lowest BCUT2D eigenvalue weighted by atomic mass is 9.79. The number of aryl methyl sites for hydroxylation is 1. The molecule has 1 aliphatic carbocycles. The van der Waals surface area contributed by atoms with E-state index < -0.39 is 0 Å². The Morgan fingerprint density at radius 1 is 1.20 bits per heavy atom. The zero-order valence-corrected chi connectivity index (χ0v) is 19.2. The summed E-state index contributed by atoms with van der Waals surface area (Å²) in [4.78, 5) is 21.6. The number of nitrogens with zero attached hydrogens (tertiary/aromatic N) is 5. The van der Waals surface area contributed by atoms with E-state index in [1.54, 1.807) is 24.7 Å². The molecule has 0 spiro atoms. The van der Waals surface area contributed by atoms with Gasteiger partial charge in [-0.05, 0) is 42.5 Å². The maximum atomic E-state index is 12.8. The molecule has 0 radical (unpaired) electrons. The number of carbonyl (C=O) groups excluding carboxylic acids is 1. The number of pyridine rings is 2. The minimum absolute atomic E-state index is 0.0361. The van der Waals surface area contributed by atoms with E-state index in [1.807, 2.05) is 48.7 Å². The third-order valence-corrected chi connectivity index (χ3v) is 6.34. The number of hydrogen-bond donors (Lipinski definition) is 2. The first kappa shape index (κ1) is 21.1. The molecular formula is C25H23N7O3. The highest BCUT2D eigenvalue weighted by Gasteiger charge is 2.35. The molecule has 1 fully saturated rings. The van der Waals surface area contributed by atoms with Crippen molar-refractivity contribution in [2.45, 2.75) is 25.8 Å². The minimum Gasteiger partial charge on any atom is -0.494 e. The Bertz CT molecular complexity index is 1550. The van der Waals surface area contributed by atoms with Crippen molar-refractivity contribution in [3.05, 3.63) is 60.7 Å². The van der Waals surface area contributed by atoms with Gasteiger partial charge in [-0.15, -0.1) is 5.10 Å². The molecule has 35 heavy (non-hydrogen) atoms. The van der Waals surface area contributed by atoms with Gasteiger partial charge < -0.3 is 19.9 Å². The largest absolute Gasteiger partial charge is 0.494 e. The van der Waals surface area contributed by atoms with Crippen molar-refractivity contribution in [1.82, 2.24) is 24.7 Å². The van der Waals surface area contributed by atoms with Gasteiger partial charge in [0, 0.05) is 48.3 Å². The summed E-state index contributed by atoms with van der Waals surface area (Å²) in [5.41, 5.74) is 1.66. The van der Waals surface area contributed by atoms with Gasteiger partial charge in [-0.2, -0.15) is 4.98 Å². The molecule has 1 amide bonds. The molecule has 1 saturated carbocycles. The number of hydrogen-bond acceptors (Lipinski definition) is 8. The molecule has 0 bridgehead atoms. The zero-order valence-electron chi connectivity index (χ0n) is 19.2. The standard InChI is InChI=1S/C25H23N7O3/c1-14-27-23(31-35-14)16-6-5-15-7-8-26-24(19(15)12-16)28-18-10-17(11-18)25(33)29-22-13-20-21(34-2)4-3-9-32(20)30-22/h3-9,12-13,17-18H,10-11H2,1-2H3,(H,26,28)(H,29,30,33). The fourth-order valence-electron chi connectivity index (χ4n) is 4.43. The lowest BCUT2D eigenvalue weighted by Gasteiger charge is -2.35. The summed E-state index contributed by atoms with van der Waals surface area (Å²) in [6, 6.07) is 13.6. The van der Waals surface area contributed by atoms with E-state index in [0.29, 0.717) is 36.1 Å². The van der Waals surface area contributed by atoms with Crippen molar-refractivity contribution in [2.24, 2.45) is 5.92 Å². The monoisotopic (exact) mass is 469 g/mol. The van der Waals surface area contributed by atoms with Crippen LogP contribution in [0.15, 0.2) is 59.4 Å². The molecule has 10 nitrogen and oxygen atoms in total. The summed E-state index contributed by atoms with van der Waals surface area (Å²) in [6.07, 6.45) is 5.03. The number of aromatic nitrogens is 5. The van der Waals surface area contributed by atoms with Gasteiger partial charge in [0.15, 0.2) is 5.82 Å². The summed E-state index contributed by atoms with van der Waals surface area (Å²) in [5, 5.41) is 16.9. The molecule has 176 valence electrons. The van der Waals surface area contributed by atoms with Crippen LogP contribution in [0.1, 0.15) is 18.7 Å². The predicted molar refractivity (Wildman–Crippen MR) is 130 cm³/mol. The second kappa shape index (κ2) is 8.39. The van der Waals surface area contributed by atoms with Crippen LogP contribution in [0.5, 0.6) is 5.75 Å². The molecule has 5 aromatic rings. The fourth-order valence-corrected chi connectivity index (χ4v) is 4.43. The van der Waals surface area contributed by atoms with Crippen LogP contribution in [0.3, 0.4) is 0 Å². The first-order valence-corrected chi connectivity index (χ1v) is 11.4. The summed E-state index contributed by atoms with van der Waals surface area (Å²) in [6.45, 7) is 1.76. The number of rotatable bonds is 6. The molecule has 2 N–H and O–H groups in total. The molecular weight excluding hydrogens is 446 g/mol. The minimum atomic E-state index is -0.0907. The molecule has 0 atom stereocenters. The SMILES string of the molecule is COc1cccn2nc(NC(=O)C3CC(Nc4nccc5ccc(-c6noc(C)n6)cc45)C3)cc12. The Labute approximate surface area is 200 Å². The number of carbonyl (C=O) groups is 1. The van der Waals surface area contributed by atoms with E-state index in [0.717, 1.165) is 27.7 Å². The molecule has 4 heterocycles. The van der Waals surface area contributed by atoms with Crippen LogP contribution in [0, 0.1) is 12.8 Å². The van der Waals surface area contributed by atoms with Gasteiger partial charge in [0.25, 0.3) is 0 Å². The molecule has 10 heteroatoms. The van der Waals surface area contributed by atoms with Crippen molar-refractivity contribution in [2.75, 3.05) is 17.7 Å². The highest BCUT2D eigenvalue weighted by molar-refractivity contribution is 5.95. The van der Waals surface area contributed by atoms with Gasteiger partial charge in [-0.25, -0.2) is 9.50 Å². The first-order valence-electron chi connectivity index (χ1n) is 11.4. The van der Waals surface area contributed by atoms with Gasteiger partial charge in [-0.3, -0.25) is 4.79 Å². The van der Waals surface area contributed by atoms with E-state index in [-0.39, 0.29) is 17.9 Å². The highest BCUT2D eigenvalue weighted by Crippen LogP contribution is 2.34. The number of fused-ring (bicyclic) bond motifs is 2. The Balaban J connectivity index is 1.13. The Morgan fingerprint density at radius 3 is 2.89 bits per heavy atom. The van der Waals surface area contributed by atoms with E-state index in [2.05, 4.69) is 30.9 Å². The van der Waals surface area contributed by atoms with Crippen molar-refractivity contribution < 1.29 is 14.1 Å². The van der Waals surface area contributed by atoms with Crippen molar-refractivity contribution in [1.29, 1.82) is 0 Å². The maximum Gasteiger partial charge on any atom is 0.228 e. The van der Waals surface area contributed by atoms with Gasteiger partial charge in [0.1, 0.15) is 17.1 Å². The molecule has 0 unspecified atom stereocenters. The van der Waals surface area contributed by atoms with E-state index >= 15 is 0 Å². The van der Waals surface area contributed by atoms with Gasteiger partial charge in [0.05, 0.1) is 7.11 Å². The highest BCUT2D eigenvalue weighted by atomic mass is 16.5. The van der Waals surface area contributed by atoms with Crippen LogP contribution in [-0.2, 0) is 4.79 Å². The topological polar surface area (TPSA) is 119 Å². The Hall–Kier alpha value is -4.47. The van der Waals surface area contributed by atoms with Crippen molar-refractivity contribution >= 4 is 33.8 Å². The number of anilines is 2. The van der Waals surface area contributed by atoms with E-state index in [9.17, 15) is 4.79 Å². The molecule has 1 aromatic carbocycles. The van der Waals surface area contributed by atoms with Crippen LogP contribution in [-0.4, -0.2) is 43.8 Å². The maximum absolute atomic E-state index is 12.8. The van der Waals surface area contributed by atoms with Gasteiger partial charge >= 0.3 is 0 Å². The zero-order chi connectivity index (χ0) is 23.9. The van der Waals surface area contributed by atoms with Crippen LogP contribution < -0.4 is 15.4 Å². The summed E-state index contributed by atoms with van der Waals surface area (Å²) < 4.78 is 12.2. The number of ether oxygens (including phenoxy) is 1. The van der Waals surface area contributed by atoms with Crippen LogP contribution in [0.2, 0.25) is 0 Å². The average Bonchev–Trinajstić information content (AvgIpc) is 3.46. The second-order valence-electron chi connectivity index (χ2n) is 8.67. The normalized spacial score (nSPS) is 17.3. The summed E-state index contributed by atoms with van der Waals surface area (Å²) in [5.74, 6) is 2.93. The molecule has 0 aliphatic heterocycles. The predicted octanol–water partition coefficient (Wildman–Crippen LogP) is 4.08. The Kier molecular flexibility index (Phi) is 5.05. The quantitative estimate of drug-likeness (QED) is 0.382. The number of amides is 1. The molecule has 4 aromatic heterocycles. The molecule has 0 saturated heterocycles. The third-order valence-electron chi connectivity index (χ3n) is 6.34. The third kappa shape index (κ3) is 3.92. The van der Waals surface area contributed by atoms with Crippen LogP contribution in [0.4, 0.5) is 11.6 Å². The molecule has 6 rings (SSSR count). The van der Waals surface area contributed by atoms with E-state index in [1.165, 1.54) is 0 Å². The average molecular weight is 470 g/mol. The lowest BCUT2D eigenvalue weighted by Crippen LogP contribution is -2.42. The first-order chi connectivity index (χ1) is 17.1. The number of nitrogens with one attached hydrogen (secondary N) is 2. The van der Waals surface area contributed by atoms with Crippen LogP contribution in [0.25, 0.3) is 27.7 Å². The van der Waals surface area contributed by atoms with E-state index in [4.69, 9.17) is 9.26 Å². The fraction of sp³-hybridized carbons (Fsp3) is 0.240. The van der Waals surface area contributed by atoms with Crippen LogP contribution >= 0.6 is 0 Å². The summed E-state index contributed by atoms with van der Waals surface area (Å²) in [7, 11) is 1.61. The second-order valence-corrected chi connectivity index (χ2v) is 8.67.